The zero-order chi connectivity index (χ0) is 22.1. The number of aromatic nitrogens is 2. The molecule has 9 nitrogen and oxygen atoms in total. The summed E-state index contributed by atoms with van der Waals surface area (Å²) >= 11 is 0. The van der Waals surface area contributed by atoms with Crippen LogP contribution >= 0.6 is 0 Å². The fourth-order valence-electron chi connectivity index (χ4n) is 2.86. The van der Waals surface area contributed by atoms with Crippen molar-refractivity contribution >= 4 is 23.6 Å². The van der Waals surface area contributed by atoms with E-state index in [9.17, 15) is 22.8 Å². The molecule has 2 aromatic rings. The van der Waals surface area contributed by atoms with Crippen LogP contribution in [0.3, 0.4) is 0 Å². The largest absolute Gasteiger partial charge is 0.419 e. The van der Waals surface area contributed by atoms with Crippen LogP contribution < -0.4 is 11.1 Å². The van der Waals surface area contributed by atoms with E-state index in [1.807, 2.05) is 0 Å². The van der Waals surface area contributed by atoms with Crippen LogP contribution in [0.4, 0.5) is 23.7 Å². The molecule has 30 heavy (non-hydrogen) atoms. The molecule has 1 aliphatic heterocycles. The molecule has 1 unspecified atom stereocenters. The fraction of sp³-hybridized carbons (Fsp3) is 0.333. The van der Waals surface area contributed by atoms with E-state index in [2.05, 4.69) is 20.1 Å². The molecule has 0 radical (unpaired) electrons. The van der Waals surface area contributed by atoms with Gasteiger partial charge in [0.2, 0.25) is 0 Å². The fourth-order valence-corrected chi connectivity index (χ4v) is 2.86. The molecule has 0 saturated heterocycles. The first-order valence-electron chi connectivity index (χ1n) is 8.64. The summed E-state index contributed by atoms with van der Waals surface area (Å²) in [5.41, 5.74) is 2.47. The lowest BCUT2D eigenvalue weighted by atomic mass is 9.85. The van der Waals surface area contributed by atoms with Crippen molar-refractivity contribution in [2.45, 2.75) is 18.4 Å². The lowest BCUT2D eigenvalue weighted by Gasteiger charge is -2.33. The highest BCUT2D eigenvalue weighted by molar-refractivity contribution is 5.99. The second-order valence-electron chi connectivity index (χ2n) is 6.74. The molecule has 0 bridgehead atoms. The van der Waals surface area contributed by atoms with Gasteiger partial charge in [-0.3, -0.25) is 15.0 Å². The molecule has 0 fully saturated rings. The number of hydrogen-bond acceptors (Lipinski definition) is 7. The van der Waals surface area contributed by atoms with Crippen molar-refractivity contribution in [2.24, 2.45) is 17.8 Å². The Morgan fingerprint density at radius 3 is 2.73 bits per heavy atom. The van der Waals surface area contributed by atoms with Crippen LogP contribution in [0.25, 0.3) is 0 Å². The summed E-state index contributed by atoms with van der Waals surface area (Å²) < 4.78 is 54.6. The van der Waals surface area contributed by atoms with Gasteiger partial charge in [0.25, 0.3) is 5.92 Å². The predicted molar refractivity (Wildman–Crippen MR) is 98.8 cm³/mol. The van der Waals surface area contributed by atoms with Crippen molar-refractivity contribution in [3.8, 4) is 0 Å². The molecule has 2 heterocycles. The van der Waals surface area contributed by atoms with Crippen molar-refractivity contribution in [1.82, 2.24) is 9.78 Å². The van der Waals surface area contributed by atoms with Gasteiger partial charge in [0.1, 0.15) is 24.9 Å². The molecule has 0 aliphatic carbocycles. The normalized spacial score (nSPS) is 20.8. The number of ether oxygens (including phenoxy) is 2. The highest BCUT2D eigenvalue weighted by atomic mass is 19.3. The minimum Gasteiger partial charge on any atom is -0.385 e. The maximum atomic E-state index is 14.7. The number of anilines is 1. The standard InChI is InChI=1S/C18H18F3N5O4/c1-17(18(20,21)9-29-8-14(22)24-17)11-7-10(3-4-12(11)19)23-16(28)30-15(27)13-5-6-26(2)25-13/h3-7H,8-9H2,1-2H3,(H2,22,24)(H,23,28). The van der Waals surface area contributed by atoms with Gasteiger partial charge in [-0.2, -0.15) is 5.10 Å². The number of carbonyl (C=O) groups is 2. The van der Waals surface area contributed by atoms with Gasteiger partial charge in [-0.1, -0.05) is 0 Å². The number of amides is 1. The number of hydrogen-bond donors (Lipinski definition) is 2. The van der Waals surface area contributed by atoms with Gasteiger partial charge in [0.15, 0.2) is 11.2 Å². The van der Waals surface area contributed by atoms with Gasteiger partial charge in [-0.25, -0.2) is 22.8 Å². The van der Waals surface area contributed by atoms with Crippen molar-refractivity contribution in [3.05, 3.63) is 47.5 Å². The van der Waals surface area contributed by atoms with Gasteiger partial charge >= 0.3 is 12.1 Å². The number of carbonyl (C=O) groups excluding carboxylic acids is 2. The molecule has 1 atom stereocenters. The average Bonchev–Trinajstić information content (AvgIpc) is 3.05. The van der Waals surface area contributed by atoms with Crippen LogP contribution in [0, 0.1) is 5.82 Å². The minimum absolute atomic E-state index is 0.0961. The Bertz CT molecular complexity index is 1020. The van der Waals surface area contributed by atoms with E-state index in [0.29, 0.717) is 0 Å². The van der Waals surface area contributed by atoms with Crippen molar-refractivity contribution < 1.29 is 32.2 Å². The van der Waals surface area contributed by atoms with Crippen LogP contribution in [0.1, 0.15) is 23.0 Å². The maximum absolute atomic E-state index is 14.7. The molecule has 0 spiro atoms. The van der Waals surface area contributed by atoms with Crippen molar-refractivity contribution in [3.63, 3.8) is 0 Å². The second-order valence-corrected chi connectivity index (χ2v) is 6.74. The number of aryl methyl sites for hydroxylation is 1. The van der Waals surface area contributed by atoms with Crippen LogP contribution in [-0.2, 0) is 22.1 Å². The Morgan fingerprint density at radius 1 is 1.33 bits per heavy atom. The molecular weight excluding hydrogens is 407 g/mol. The number of nitrogens with one attached hydrogen (secondary N) is 1. The first-order chi connectivity index (χ1) is 14.0. The zero-order valence-electron chi connectivity index (χ0n) is 16.0. The van der Waals surface area contributed by atoms with Crippen molar-refractivity contribution in [1.29, 1.82) is 0 Å². The number of halogens is 3. The molecule has 3 rings (SSSR count). The van der Waals surface area contributed by atoms with E-state index < -0.39 is 41.5 Å². The Balaban J connectivity index is 1.85. The summed E-state index contributed by atoms with van der Waals surface area (Å²) in [5, 5.41) is 5.98. The van der Waals surface area contributed by atoms with E-state index in [1.165, 1.54) is 16.9 Å². The van der Waals surface area contributed by atoms with Gasteiger partial charge in [0, 0.05) is 24.5 Å². The molecule has 160 valence electrons. The smallest absolute Gasteiger partial charge is 0.385 e. The highest BCUT2D eigenvalue weighted by Crippen LogP contribution is 2.44. The van der Waals surface area contributed by atoms with E-state index in [1.54, 1.807) is 7.05 Å². The Labute approximate surface area is 168 Å². The molecule has 12 heteroatoms. The van der Waals surface area contributed by atoms with Gasteiger partial charge in [0.05, 0.1) is 0 Å². The number of esters is 1. The Morgan fingerprint density at radius 2 is 2.07 bits per heavy atom. The summed E-state index contributed by atoms with van der Waals surface area (Å²) in [6, 6.07) is 4.31. The number of amidine groups is 1. The molecule has 1 aliphatic rings. The number of alkyl halides is 2. The molecular formula is C18H18F3N5O4. The summed E-state index contributed by atoms with van der Waals surface area (Å²) in [5.74, 6) is -5.83. The van der Waals surface area contributed by atoms with E-state index >= 15 is 0 Å². The van der Waals surface area contributed by atoms with Crippen LogP contribution in [0.5, 0.6) is 0 Å². The van der Waals surface area contributed by atoms with E-state index in [-0.39, 0.29) is 23.8 Å². The van der Waals surface area contributed by atoms with Gasteiger partial charge < -0.3 is 15.2 Å². The number of rotatable bonds is 3. The number of nitrogens with zero attached hydrogens (tertiary/aromatic N) is 3. The first-order valence-corrected chi connectivity index (χ1v) is 8.64. The number of aliphatic imine (C=N–C) groups is 1. The average molecular weight is 425 g/mol. The topological polar surface area (TPSA) is 121 Å². The molecule has 1 aromatic heterocycles. The monoisotopic (exact) mass is 425 g/mol. The Hall–Kier alpha value is -3.41. The van der Waals surface area contributed by atoms with E-state index in [0.717, 1.165) is 25.1 Å². The first kappa shape index (κ1) is 21.3. The maximum Gasteiger partial charge on any atom is 0.419 e. The lowest BCUT2D eigenvalue weighted by Crippen LogP contribution is -2.45. The molecule has 1 amide bonds. The molecule has 0 saturated carbocycles. The molecule has 1 aromatic carbocycles. The SMILES string of the molecule is Cn1ccc(C(=O)OC(=O)Nc2ccc(F)c(C3(C)N=C(N)COCC3(F)F)c2)n1. The lowest BCUT2D eigenvalue weighted by molar-refractivity contribution is -0.116. The molecule has 3 N–H and O–H groups in total. The number of benzene rings is 1. The van der Waals surface area contributed by atoms with Crippen LogP contribution in [-0.4, -0.2) is 46.8 Å². The quantitative estimate of drug-likeness (QED) is 0.575. The Kier molecular flexibility index (Phi) is 5.53. The summed E-state index contributed by atoms with van der Waals surface area (Å²) in [6.07, 6.45) is 0.275. The third-order valence-corrected chi connectivity index (χ3v) is 4.46. The van der Waals surface area contributed by atoms with Gasteiger partial charge in [-0.15, -0.1) is 0 Å². The number of nitrogens with two attached hydrogens (primary N) is 1. The summed E-state index contributed by atoms with van der Waals surface area (Å²) in [6.45, 7) is -0.336. The third-order valence-electron chi connectivity index (χ3n) is 4.46. The zero-order valence-corrected chi connectivity index (χ0v) is 16.0. The third kappa shape index (κ3) is 4.13. The van der Waals surface area contributed by atoms with E-state index in [4.69, 9.17) is 10.5 Å². The second kappa shape index (κ2) is 7.78. The minimum atomic E-state index is -3.59. The predicted octanol–water partition coefficient (Wildman–Crippen LogP) is 2.19. The van der Waals surface area contributed by atoms with Crippen LogP contribution in [0.15, 0.2) is 35.5 Å². The summed E-state index contributed by atoms with van der Waals surface area (Å²) in [4.78, 5) is 27.6. The van der Waals surface area contributed by atoms with Gasteiger partial charge in [-0.05, 0) is 31.2 Å². The summed E-state index contributed by atoms with van der Waals surface area (Å²) in [7, 11) is 1.57. The van der Waals surface area contributed by atoms with Crippen molar-refractivity contribution in [2.75, 3.05) is 18.5 Å². The van der Waals surface area contributed by atoms with Crippen LogP contribution in [0.2, 0.25) is 0 Å². The highest BCUT2D eigenvalue weighted by Gasteiger charge is 2.54.